The Bertz CT molecular complexity index is 929. The van der Waals surface area contributed by atoms with Gasteiger partial charge in [-0.3, -0.25) is 9.52 Å². The van der Waals surface area contributed by atoms with Gasteiger partial charge in [-0.05, 0) is 50.1 Å². The molecule has 0 aliphatic heterocycles. The van der Waals surface area contributed by atoms with Crippen molar-refractivity contribution in [2.45, 2.75) is 57.4 Å². The van der Waals surface area contributed by atoms with Crippen molar-refractivity contribution in [2.75, 3.05) is 4.72 Å². The molecule has 0 aliphatic carbocycles. The van der Waals surface area contributed by atoms with E-state index < -0.39 is 15.8 Å². The van der Waals surface area contributed by atoms with Crippen LogP contribution in [0.5, 0.6) is 0 Å². The molecule has 0 aromatic heterocycles. The van der Waals surface area contributed by atoms with E-state index in [1.54, 1.807) is 13.0 Å². The molecule has 7 heteroatoms. The molecule has 0 aliphatic rings. The summed E-state index contributed by atoms with van der Waals surface area (Å²) >= 11 is 0. The van der Waals surface area contributed by atoms with Crippen LogP contribution < -0.4 is 10.0 Å². The number of hydrogen-bond acceptors (Lipinski definition) is 3. The molecule has 0 saturated carbocycles. The van der Waals surface area contributed by atoms with Crippen molar-refractivity contribution in [3.8, 4) is 0 Å². The summed E-state index contributed by atoms with van der Waals surface area (Å²) in [7, 11) is -4.02. The number of rotatable bonds is 9. The Morgan fingerprint density at radius 2 is 1.86 bits per heavy atom. The molecule has 2 N–H and O–H groups in total. The maximum atomic E-state index is 13.8. The first-order valence-electron chi connectivity index (χ1n) is 9.43. The van der Waals surface area contributed by atoms with E-state index >= 15 is 0 Å². The normalized spacial score (nSPS) is 12.4. The molecule has 2 aromatic rings. The molecule has 5 nitrogen and oxygen atoms in total. The van der Waals surface area contributed by atoms with Gasteiger partial charge in [-0.25, -0.2) is 12.8 Å². The van der Waals surface area contributed by atoms with Crippen LogP contribution in [0.25, 0.3) is 0 Å². The van der Waals surface area contributed by atoms with Gasteiger partial charge < -0.3 is 5.32 Å². The minimum Gasteiger partial charge on any atom is -0.350 e. The number of aryl methyl sites for hydroxylation is 1. The molecular weight excluding hydrogens is 379 g/mol. The molecule has 0 spiro atoms. The topological polar surface area (TPSA) is 75.3 Å². The van der Waals surface area contributed by atoms with Crippen LogP contribution in [0.2, 0.25) is 0 Å². The first-order valence-corrected chi connectivity index (χ1v) is 10.9. The molecule has 2 aromatic carbocycles. The monoisotopic (exact) mass is 406 g/mol. The van der Waals surface area contributed by atoms with E-state index in [1.807, 2.05) is 6.92 Å². The average Bonchev–Trinajstić information content (AvgIpc) is 2.63. The molecule has 1 unspecified atom stereocenters. The summed E-state index contributed by atoms with van der Waals surface area (Å²) in [6.45, 7) is 5.80. The van der Waals surface area contributed by atoms with Crippen LogP contribution in [-0.4, -0.2) is 20.4 Å². The van der Waals surface area contributed by atoms with Crippen molar-refractivity contribution in [1.29, 1.82) is 0 Å². The molecule has 2 rings (SSSR count). The Labute approximate surface area is 166 Å². The molecule has 152 valence electrons. The van der Waals surface area contributed by atoms with Crippen LogP contribution in [0.3, 0.4) is 0 Å². The minimum absolute atomic E-state index is 0.00440. The lowest BCUT2D eigenvalue weighted by molar-refractivity contribution is 0.0937. The van der Waals surface area contributed by atoms with Gasteiger partial charge in [0.25, 0.3) is 15.9 Å². The van der Waals surface area contributed by atoms with Crippen LogP contribution in [0, 0.1) is 12.7 Å². The fourth-order valence-corrected chi connectivity index (χ4v) is 3.93. The molecule has 0 heterocycles. The summed E-state index contributed by atoms with van der Waals surface area (Å²) in [4.78, 5) is 12.5. The first-order chi connectivity index (χ1) is 13.2. The predicted molar refractivity (Wildman–Crippen MR) is 109 cm³/mol. The lowest BCUT2D eigenvalue weighted by Gasteiger charge is -2.16. The van der Waals surface area contributed by atoms with Crippen molar-refractivity contribution in [3.63, 3.8) is 0 Å². The quantitative estimate of drug-likeness (QED) is 0.596. The number of benzene rings is 2. The number of unbranched alkanes of at least 4 members (excludes halogenated alkanes) is 2. The van der Waals surface area contributed by atoms with Crippen LogP contribution in [0.15, 0.2) is 47.4 Å². The molecule has 28 heavy (non-hydrogen) atoms. The zero-order valence-corrected chi connectivity index (χ0v) is 17.3. The Morgan fingerprint density at radius 1 is 1.14 bits per heavy atom. The predicted octanol–water partition coefficient (Wildman–Crippen LogP) is 4.63. The van der Waals surface area contributed by atoms with Gasteiger partial charge in [0, 0.05) is 11.6 Å². The van der Waals surface area contributed by atoms with Gasteiger partial charge in [0.15, 0.2) is 0 Å². The largest absolute Gasteiger partial charge is 0.350 e. The van der Waals surface area contributed by atoms with Crippen LogP contribution in [-0.2, 0) is 10.0 Å². The summed E-state index contributed by atoms with van der Waals surface area (Å²) in [6.07, 6.45) is 4.10. The molecule has 0 bridgehead atoms. The number of carbonyl (C=O) groups is 1. The SMILES string of the molecule is CCCCCC(C)NC(=O)c1cc(S(=O)(=O)Nc2ccccc2F)ccc1C. The molecule has 0 fully saturated rings. The van der Waals surface area contributed by atoms with Crippen LogP contribution in [0.4, 0.5) is 10.1 Å². The van der Waals surface area contributed by atoms with E-state index in [9.17, 15) is 17.6 Å². The average molecular weight is 407 g/mol. The number of nitrogens with one attached hydrogen (secondary N) is 2. The standard InChI is InChI=1S/C21H27FN2O3S/c1-4-5-6-9-16(3)23-21(25)18-14-17(13-12-15(18)2)28(26,27)24-20-11-8-7-10-19(20)22/h7-8,10-14,16,24H,4-6,9H2,1-3H3,(H,23,25). The maximum Gasteiger partial charge on any atom is 0.262 e. The first kappa shape index (κ1) is 21.9. The Kier molecular flexibility index (Phi) is 7.57. The van der Waals surface area contributed by atoms with Crippen molar-refractivity contribution in [1.82, 2.24) is 5.32 Å². The maximum absolute atomic E-state index is 13.8. The molecule has 1 atom stereocenters. The Hall–Kier alpha value is -2.41. The summed E-state index contributed by atoms with van der Waals surface area (Å²) in [5.74, 6) is -0.985. The van der Waals surface area contributed by atoms with Gasteiger partial charge >= 0.3 is 0 Å². The summed E-state index contributed by atoms with van der Waals surface area (Å²) < 4.78 is 41.3. The van der Waals surface area contributed by atoms with Crippen molar-refractivity contribution in [2.24, 2.45) is 0 Å². The van der Waals surface area contributed by atoms with E-state index in [0.717, 1.165) is 25.7 Å². The Morgan fingerprint density at radius 3 is 2.54 bits per heavy atom. The van der Waals surface area contributed by atoms with E-state index in [0.29, 0.717) is 11.1 Å². The number of hydrogen-bond donors (Lipinski definition) is 2. The van der Waals surface area contributed by atoms with Gasteiger partial charge in [0.2, 0.25) is 0 Å². The van der Waals surface area contributed by atoms with Crippen molar-refractivity contribution in [3.05, 3.63) is 59.4 Å². The van der Waals surface area contributed by atoms with Crippen LogP contribution in [0.1, 0.15) is 55.5 Å². The highest BCUT2D eigenvalue weighted by Crippen LogP contribution is 2.21. The zero-order chi connectivity index (χ0) is 20.7. The highest BCUT2D eigenvalue weighted by Gasteiger charge is 2.20. The number of sulfonamides is 1. The highest BCUT2D eigenvalue weighted by molar-refractivity contribution is 7.92. The Balaban J connectivity index is 2.20. The third kappa shape index (κ3) is 5.79. The van der Waals surface area contributed by atoms with Gasteiger partial charge in [-0.15, -0.1) is 0 Å². The third-order valence-electron chi connectivity index (χ3n) is 4.50. The van der Waals surface area contributed by atoms with Gasteiger partial charge in [0.05, 0.1) is 10.6 Å². The number of para-hydroxylation sites is 1. The van der Waals surface area contributed by atoms with Gasteiger partial charge in [0.1, 0.15) is 5.82 Å². The number of amides is 1. The van der Waals surface area contributed by atoms with E-state index in [1.165, 1.54) is 36.4 Å². The summed E-state index contributed by atoms with van der Waals surface area (Å²) in [6, 6.07) is 9.82. The molecule has 0 saturated heterocycles. The number of anilines is 1. The van der Waals surface area contributed by atoms with Crippen molar-refractivity contribution >= 4 is 21.6 Å². The van der Waals surface area contributed by atoms with E-state index in [2.05, 4.69) is 17.0 Å². The van der Waals surface area contributed by atoms with Gasteiger partial charge in [-0.2, -0.15) is 0 Å². The summed E-state index contributed by atoms with van der Waals surface area (Å²) in [5, 5.41) is 2.92. The van der Waals surface area contributed by atoms with E-state index in [-0.39, 0.29) is 22.5 Å². The van der Waals surface area contributed by atoms with Gasteiger partial charge in [-0.1, -0.05) is 44.4 Å². The molecule has 1 amide bonds. The third-order valence-corrected chi connectivity index (χ3v) is 5.86. The lowest BCUT2D eigenvalue weighted by atomic mass is 10.1. The fourth-order valence-electron chi connectivity index (χ4n) is 2.83. The fraction of sp³-hybridized carbons (Fsp3) is 0.381. The van der Waals surface area contributed by atoms with E-state index in [4.69, 9.17) is 0 Å². The minimum atomic E-state index is -4.02. The smallest absolute Gasteiger partial charge is 0.262 e. The zero-order valence-electron chi connectivity index (χ0n) is 16.5. The highest BCUT2D eigenvalue weighted by atomic mass is 32.2. The number of halogens is 1. The number of carbonyl (C=O) groups excluding carboxylic acids is 1. The summed E-state index contributed by atoms with van der Waals surface area (Å²) in [5.41, 5.74) is 0.820. The molecule has 0 radical (unpaired) electrons. The second kappa shape index (κ2) is 9.68. The van der Waals surface area contributed by atoms with Crippen molar-refractivity contribution < 1.29 is 17.6 Å². The van der Waals surface area contributed by atoms with Crippen LogP contribution >= 0.6 is 0 Å². The second-order valence-electron chi connectivity index (χ2n) is 6.93. The second-order valence-corrected chi connectivity index (χ2v) is 8.61. The molecular formula is C21H27FN2O3S. The lowest BCUT2D eigenvalue weighted by Crippen LogP contribution is -2.33.